The van der Waals surface area contributed by atoms with Crippen molar-refractivity contribution in [3.63, 3.8) is 0 Å². The highest BCUT2D eigenvalue weighted by Crippen LogP contribution is 2.16. The lowest BCUT2D eigenvalue weighted by molar-refractivity contribution is 0.344. The molecule has 0 aliphatic carbocycles. The summed E-state index contributed by atoms with van der Waals surface area (Å²) in [4.78, 5) is 1.52. The van der Waals surface area contributed by atoms with Crippen molar-refractivity contribution in [2.45, 2.75) is 22.6 Å². The van der Waals surface area contributed by atoms with Gasteiger partial charge in [0.05, 0.1) is 9.79 Å². The van der Waals surface area contributed by atoms with E-state index in [0.29, 0.717) is 6.54 Å². The summed E-state index contributed by atoms with van der Waals surface area (Å²) in [6.45, 7) is 2.87. The molecule has 0 radical (unpaired) electrons. The molecular weight excluding hydrogens is 319 g/mol. The molecule has 21 heavy (non-hydrogen) atoms. The molecule has 9 heteroatoms. The molecular formula is C12H17FN2O4S2. The fraction of sp³-hybridized carbons (Fsp3) is 0.500. The number of nitrogens with zero attached hydrogens (tertiary/aromatic N) is 1. The predicted molar refractivity (Wildman–Crippen MR) is 75.6 cm³/mol. The van der Waals surface area contributed by atoms with Crippen LogP contribution in [0.5, 0.6) is 0 Å². The Balaban J connectivity index is 1.98. The second-order valence-electron chi connectivity index (χ2n) is 4.86. The molecule has 0 bridgehead atoms. The summed E-state index contributed by atoms with van der Waals surface area (Å²) in [6, 6.07) is 4.02. The first-order valence-corrected chi connectivity index (χ1v) is 9.42. The Hall–Kier alpha value is -1.03. The van der Waals surface area contributed by atoms with Crippen LogP contribution in [0, 0.1) is 0 Å². The number of rotatable bonds is 6. The molecule has 0 unspecified atom stereocenters. The van der Waals surface area contributed by atoms with Crippen molar-refractivity contribution in [3.05, 3.63) is 24.3 Å². The molecule has 0 saturated carbocycles. The van der Waals surface area contributed by atoms with E-state index in [-0.39, 0.29) is 11.4 Å². The van der Waals surface area contributed by atoms with Gasteiger partial charge in [-0.2, -0.15) is 8.42 Å². The maximum absolute atomic E-state index is 12.7. The van der Waals surface area contributed by atoms with E-state index >= 15 is 0 Å². The molecule has 1 aromatic rings. The number of sulfonamides is 1. The first kappa shape index (κ1) is 16.3. The van der Waals surface area contributed by atoms with Gasteiger partial charge in [-0.15, -0.1) is 3.89 Å². The van der Waals surface area contributed by atoms with Crippen LogP contribution in [0.25, 0.3) is 0 Å². The van der Waals surface area contributed by atoms with Gasteiger partial charge in [-0.1, -0.05) is 0 Å². The third-order valence-electron chi connectivity index (χ3n) is 3.33. The van der Waals surface area contributed by atoms with Crippen molar-refractivity contribution in [1.29, 1.82) is 0 Å². The van der Waals surface area contributed by atoms with E-state index in [2.05, 4.69) is 9.62 Å². The molecule has 1 saturated heterocycles. The van der Waals surface area contributed by atoms with Gasteiger partial charge in [0, 0.05) is 13.1 Å². The van der Waals surface area contributed by atoms with Crippen molar-refractivity contribution in [2.75, 3.05) is 26.2 Å². The van der Waals surface area contributed by atoms with E-state index in [1.165, 1.54) is 0 Å². The maximum Gasteiger partial charge on any atom is 0.332 e. The second kappa shape index (κ2) is 6.39. The standard InChI is InChI=1S/C12H17FN2O4S2/c13-20(16,17)11-3-5-12(6-4-11)21(18,19)14-7-10-15-8-1-2-9-15/h3-6,14H,1-2,7-10H2. The highest BCUT2D eigenvalue weighted by atomic mass is 32.3. The van der Waals surface area contributed by atoms with Gasteiger partial charge in [0.15, 0.2) is 0 Å². The van der Waals surface area contributed by atoms with E-state index in [4.69, 9.17) is 0 Å². The Morgan fingerprint density at radius 1 is 1.00 bits per heavy atom. The largest absolute Gasteiger partial charge is 0.332 e. The summed E-state index contributed by atoms with van der Waals surface area (Å²) in [6.07, 6.45) is 2.26. The van der Waals surface area contributed by atoms with Crippen LogP contribution in [0.4, 0.5) is 3.89 Å². The summed E-state index contributed by atoms with van der Waals surface area (Å²) in [5.74, 6) is 0. The number of hydrogen-bond acceptors (Lipinski definition) is 5. The zero-order valence-corrected chi connectivity index (χ0v) is 13.0. The van der Waals surface area contributed by atoms with Crippen molar-refractivity contribution in [2.24, 2.45) is 0 Å². The molecule has 1 fully saturated rings. The fourth-order valence-corrected chi connectivity index (χ4v) is 3.69. The molecule has 118 valence electrons. The molecule has 1 aliphatic heterocycles. The highest BCUT2D eigenvalue weighted by molar-refractivity contribution is 7.89. The van der Waals surface area contributed by atoms with Crippen LogP contribution >= 0.6 is 0 Å². The average Bonchev–Trinajstić information content (AvgIpc) is 2.91. The Morgan fingerprint density at radius 3 is 2.05 bits per heavy atom. The normalized spacial score (nSPS) is 17.2. The number of hydrogen-bond donors (Lipinski definition) is 1. The van der Waals surface area contributed by atoms with Gasteiger partial charge in [0.25, 0.3) is 0 Å². The average molecular weight is 336 g/mol. The Labute approximate surface area is 124 Å². The lowest BCUT2D eigenvalue weighted by Crippen LogP contribution is -2.33. The summed E-state index contributed by atoms with van der Waals surface area (Å²) in [7, 11) is -8.52. The van der Waals surface area contributed by atoms with E-state index in [0.717, 1.165) is 50.2 Å². The molecule has 2 rings (SSSR count). The summed E-state index contributed by atoms with van der Waals surface area (Å²) in [5, 5.41) is 0. The minimum Gasteiger partial charge on any atom is -0.302 e. The minimum absolute atomic E-state index is 0.0867. The summed E-state index contributed by atoms with van der Waals surface area (Å²) >= 11 is 0. The molecule has 6 nitrogen and oxygen atoms in total. The summed E-state index contributed by atoms with van der Waals surface area (Å²) < 4.78 is 60.5. The van der Waals surface area contributed by atoms with Crippen molar-refractivity contribution in [1.82, 2.24) is 9.62 Å². The molecule has 0 aromatic heterocycles. The number of likely N-dealkylation sites (tertiary alicyclic amines) is 1. The van der Waals surface area contributed by atoms with Crippen molar-refractivity contribution < 1.29 is 20.7 Å². The zero-order chi connectivity index (χ0) is 15.5. The summed E-state index contributed by atoms with van der Waals surface area (Å²) in [5.41, 5.74) is 0. The van der Waals surface area contributed by atoms with Crippen LogP contribution in [-0.4, -0.2) is 47.9 Å². The first-order valence-electron chi connectivity index (χ1n) is 6.56. The van der Waals surface area contributed by atoms with Crippen LogP contribution < -0.4 is 4.72 Å². The van der Waals surface area contributed by atoms with Gasteiger partial charge in [-0.05, 0) is 50.2 Å². The molecule has 1 aromatic carbocycles. The fourth-order valence-electron chi connectivity index (χ4n) is 2.21. The molecule has 1 heterocycles. The molecule has 0 atom stereocenters. The third kappa shape index (κ3) is 4.47. The molecule has 0 amide bonds. The first-order chi connectivity index (χ1) is 9.79. The highest BCUT2D eigenvalue weighted by Gasteiger charge is 2.18. The zero-order valence-electron chi connectivity index (χ0n) is 11.3. The van der Waals surface area contributed by atoms with Crippen LogP contribution in [0.15, 0.2) is 34.1 Å². The van der Waals surface area contributed by atoms with Gasteiger partial charge < -0.3 is 4.90 Å². The molecule has 0 spiro atoms. The minimum atomic E-state index is -4.81. The Morgan fingerprint density at radius 2 is 1.52 bits per heavy atom. The SMILES string of the molecule is O=S(=O)(F)c1ccc(S(=O)(=O)NCCN2CCCC2)cc1. The molecule has 1 N–H and O–H groups in total. The number of nitrogens with one attached hydrogen (secondary N) is 1. The maximum atomic E-state index is 12.7. The number of halogens is 1. The lowest BCUT2D eigenvalue weighted by atomic mass is 10.4. The monoisotopic (exact) mass is 336 g/mol. The Bertz CT molecular complexity index is 680. The van der Waals surface area contributed by atoms with Gasteiger partial charge in [-0.3, -0.25) is 0 Å². The number of benzene rings is 1. The smallest absolute Gasteiger partial charge is 0.302 e. The van der Waals surface area contributed by atoms with E-state index in [1.807, 2.05) is 0 Å². The third-order valence-corrected chi connectivity index (χ3v) is 5.65. The van der Waals surface area contributed by atoms with Gasteiger partial charge >= 0.3 is 10.2 Å². The topological polar surface area (TPSA) is 83.5 Å². The van der Waals surface area contributed by atoms with Crippen molar-refractivity contribution in [3.8, 4) is 0 Å². The van der Waals surface area contributed by atoms with Crippen LogP contribution in [-0.2, 0) is 20.2 Å². The van der Waals surface area contributed by atoms with Crippen LogP contribution in [0.1, 0.15) is 12.8 Å². The second-order valence-corrected chi connectivity index (χ2v) is 7.97. The Kier molecular flexibility index (Phi) is 4.97. The van der Waals surface area contributed by atoms with Crippen molar-refractivity contribution >= 4 is 20.2 Å². The lowest BCUT2D eigenvalue weighted by Gasteiger charge is -2.14. The van der Waals surface area contributed by atoms with Crippen LogP contribution in [0.2, 0.25) is 0 Å². The predicted octanol–water partition coefficient (Wildman–Crippen LogP) is 0.719. The van der Waals surface area contributed by atoms with E-state index in [9.17, 15) is 20.7 Å². The van der Waals surface area contributed by atoms with Gasteiger partial charge in [0.1, 0.15) is 0 Å². The van der Waals surface area contributed by atoms with Gasteiger partial charge in [-0.25, -0.2) is 13.1 Å². The van der Waals surface area contributed by atoms with E-state index < -0.39 is 25.1 Å². The van der Waals surface area contributed by atoms with E-state index in [1.54, 1.807) is 0 Å². The van der Waals surface area contributed by atoms with Crippen LogP contribution in [0.3, 0.4) is 0 Å². The van der Waals surface area contributed by atoms with Gasteiger partial charge in [0.2, 0.25) is 10.0 Å². The molecule has 1 aliphatic rings. The quantitative estimate of drug-likeness (QED) is 0.774.